The number of nitrogens with zero attached hydrogens (tertiary/aromatic N) is 3. The van der Waals surface area contributed by atoms with Crippen LogP contribution in [0.2, 0.25) is 5.02 Å². The second-order valence-corrected chi connectivity index (χ2v) is 10.5. The summed E-state index contributed by atoms with van der Waals surface area (Å²) in [6, 6.07) is 7.28. The number of carbonyl (C=O) groups is 1. The van der Waals surface area contributed by atoms with E-state index in [-0.39, 0.29) is 17.9 Å². The Kier molecular flexibility index (Phi) is 4.77. The number of carbonyl (C=O) groups excluding carboxylic acids is 1. The Balaban J connectivity index is 1.26. The highest BCUT2D eigenvalue weighted by Crippen LogP contribution is 2.61. The lowest BCUT2D eigenvalue weighted by Gasteiger charge is -2.58. The number of rotatable bonds is 5. The number of aliphatic hydroxyl groups is 1. The molecule has 7 rings (SSSR count). The second-order valence-electron chi connectivity index (χ2n) is 10.1. The number of amides is 1. The van der Waals surface area contributed by atoms with Gasteiger partial charge in [0.2, 0.25) is 5.95 Å². The minimum absolute atomic E-state index is 0.0223. The SMILES string of the molecule is O=C(NCC(O)C12CC3CC(CC(C3)C1)C2)c1cn(-c2ncccn2)c2cccc(Cl)c12. The first-order valence-corrected chi connectivity index (χ1v) is 11.9. The lowest BCUT2D eigenvalue weighted by atomic mass is 9.48. The molecule has 1 amide bonds. The largest absolute Gasteiger partial charge is 0.391 e. The first kappa shape index (κ1) is 20.2. The summed E-state index contributed by atoms with van der Waals surface area (Å²) >= 11 is 6.50. The molecule has 7 heteroatoms. The maximum absolute atomic E-state index is 13.3. The number of aliphatic hydroxyl groups excluding tert-OH is 1. The Bertz CT molecular complexity index is 1140. The van der Waals surface area contributed by atoms with Crippen molar-refractivity contribution < 1.29 is 9.90 Å². The molecule has 3 aromatic rings. The van der Waals surface area contributed by atoms with Crippen LogP contribution in [0.15, 0.2) is 42.9 Å². The van der Waals surface area contributed by atoms with Crippen LogP contribution in [-0.2, 0) is 0 Å². The van der Waals surface area contributed by atoms with Crippen molar-refractivity contribution in [3.63, 3.8) is 0 Å². The van der Waals surface area contributed by atoms with Gasteiger partial charge in [-0.3, -0.25) is 9.36 Å². The molecule has 4 bridgehead atoms. The minimum atomic E-state index is -0.513. The molecular weight excluding hydrogens is 424 g/mol. The highest BCUT2D eigenvalue weighted by atomic mass is 35.5. The Morgan fingerprint density at radius 2 is 1.78 bits per heavy atom. The number of aromatic nitrogens is 3. The van der Waals surface area contributed by atoms with Gasteiger partial charge < -0.3 is 10.4 Å². The van der Waals surface area contributed by atoms with Crippen molar-refractivity contribution in [3.8, 4) is 5.95 Å². The van der Waals surface area contributed by atoms with Crippen LogP contribution >= 0.6 is 11.6 Å². The van der Waals surface area contributed by atoms with Gasteiger partial charge in [-0.1, -0.05) is 17.7 Å². The fourth-order valence-corrected chi connectivity index (χ4v) is 7.35. The molecule has 0 aliphatic heterocycles. The summed E-state index contributed by atoms with van der Waals surface area (Å²) in [6.07, 6.45) is 11.9. The van der Waals surface area contributed by atoms with Crippen LogP contribution in [0.5, 0.6) is 0 Å². The normalized spacial score (nSPS) is 29.4. The molecule has 2 N–H and O–H groups in total. The third-order valence-electron chi connectivity index (χ3n) is 8.04. The zero-order valence-corrected chi connectivity index (χ0v) is 18.6. The van der Waals surface area contributed by atoms with E-state index in [0.29, 0.717) is 21.9 Å². The Morgan fingerprint density at radius 3 is 2.44 bits per heavy atom. The van der Waals surface area contributed by atoms with E-state index in [9.17, 15) is 9.90 Å². The van der Waals surface area contributed by atoms with E-state index >= 15 is 0 Å². The van der Waals surface area contributed by atoms with E-state index in [2.05, 4.69) is 15.3 Å². The average molecular weight is 451 g/mol. The molecule has 4 fully saturated rings. The Morgan fingerprint density at radius 1 is 1.12 bits per heavy atom. The molecule has 1 aromatic carbocycles. The van der Waals surface area contributed by atoms with Crippen LogP contribution in [-0.4, -0.2) is 38.2 Å². The third kappa shape index (κ3) is 3.23. The summed E-state index contributed by atoms with van der Waals surface area (Å²) in [6.45, 7) is 0.268. The van der Waals surface area contributed by atoms with Crippen molar-refractivity contribution in [2.45, 2.75) is 44.6 Å². The van der Waals surface area contributed by atoms with E-state index in [1.807, 2.05) is 12.1 Å². The van der Waals surface area contributed by atoms with E-state index < -0.39 is 6.10 Å². The minimum Gasteiger partial charge on any atom is -0.391 e. The molecule has 0 spiro atoms. The Hall–Kier alpha value is -2.44. The first-order chi connectivity index (χ1) is 15.5. The summed E-state index contributed by atoms with van der Waals surface area (Å²) in [5.41, 5.74) is 1.22. The number of hydrogen-bond donors (Lipinski definition) is 2. The molecule has 166 valence electrons. The summed E-state index contributed by atoms with van der Waals surface area (Å²) in [5, 5.41) is 15.4. The molecule has 0 saturated heterocycles. The van der Waals surface area contributed by atoms with Gasteiger partial charge in [0, 0.05) is 30.5 Å². The highest BCUT2D eigenvalue weighted by Gasteiger charge is 2.53. The number of hydrogen-bond acceptors (Lipinski definition) is 4. The van der Waals surface area contributed by atoms with Gasteiger partial charge in [-0.15, -0.1) is 0 Å². The molecule has 2 aromatic heterocycles. The average Bonchev–Trinajstić information content (AvgIpc) is 3.18. The van der Waals surface area contributed by atoms with Gasteiger partial charge in [-0.25, -0.2) is 9.97 Å². The Labute approximate surface area is 192 Å². The predicted octanol–water partition coefficient (Wildman–Crippen LogP) is 4.38. The number of halogens is 1. The lowest BCUT2D eigenvalue weighted by molar-refractivity contribution is -0.118. The van der Waals surface area contributed by atoms with Crippen LogP contribution in [0.3, 0.4) is 0 Å². The summed E-state index contributed by atoms with van der Waals surface area (Å²) < 4.78 is 1.78. The first-order valence-electron chi connectivity index (χ1n) is 11.6. The van der Waals surface area contributed by atoms with E-state index in [4.69, 9.17) is 11.6 Å². The van der Waals surface area contributed by atoms with Gasteiger partial charge in [-0.2, -0.15) is 0 Å². The fraction of sp³-hybridized carbons (Fsp3) is 0.480. The summed E-state index contributed by atoms with van der Waals surface area (Å²) in [4.78, 5) is 21.9. The van der Waals surface area contributed by atoms with Crippen LogP contribution in [0, 0.1) is 23.2 Å². The van der Waals surface area contributed by atoms with Gasteiger partial charge in [0.1, 0.15) is 0 Å². The molecular formula is C25H27ClN4O2. The fourth-order valence-electron chi connectivity index (χ4n) is 7.08. The maximum atomic E-state index is 13.3. The van der Waals surface area contributed by atoms with Crippen molar-refractivity contribution in [2.24, 2.45) is 23.2 Å². The van der Waals surface area contributed by atoms with Gasteiger partial charge in [-0.05, 0) is 79.9 Å². The van der Waals surface area contributed by atoms with Gasteiger partial charge >= 0.3 is 0 Å². The second kappa shape index (κ2) is 7.56. The molecule has 32 heavy (non-hydrogen) atoms. The smallest absolute Gasteiger partial charge is 0.253 e. The van der Waals surface area contributed by atoms with Crippen molar-refractivity contribution in [3.05, 3.63) is 53.4 Å². The van der Waals surface area contributed by atoms with Crippen molar-refractivity contribution in [2.75, 3.05) is 6.54 Å². The van der Waals surface area contributed by atoms with E-state index in [1.54, 1.807) is 35.3 Å². The van der Waals surface area contributed by atoms with Crippen molar-refractivity contribution >= 4 is 28.4 Å². The van der Waals surface area contributed by atoms with Gasteiger partial charge in [0.25, 0.3) is 5.91 Å². The van der Waals surface area contributed by atoms with Gasteiger partial charge in [0.15, 0.2) is 0 Å². The topological polar surface area (TPSA) is 80.0 Å². The molecule has 4 aliphatic carbocycles. The van der Waals surface area contributed by atoms with Crippen LogP contribution in [0.25, 0.3) is 16.9 Å². The zero-order valence-electron chi connectivity index (χ0n) is 17.9. The number of fused-ring (bicyclic) bond motifs is 1. The lowest BCUT2D eigenvalue weighted by Crippen LogP contribution is -2.54. The highest BCUT2D eigenvalue weighted by molar-refractivity contribution is 6.37. The quantitative estimate of drug-likeness (QED) is 0.604. The summed E-state index contributed by atoms with van der Waals surface area (Å²) in [7, 11) is 0. The monoisotopic (exact) mass is 450 g/mol. The predicted molar refractivity (Wildman–Crippen MR) is 123 cm³/mol. The van der Waals surface area contributed by atoms with Crippen LogP contribution < -0.4 is 5.32 Å². The number of nitrogens with one attached hydrogen (secondary N) is 1. The number of benzene rings is 1. The molecule has 0 radical (unpaired) electrons. The molecule has 2 heterocycles. The van der Waals surface area contributed by atoms with Crippen LogP contribution in [0.1, 0.15) is 48.9 Å². The summed E-state index contributed by atoms with van der Waals surface area (Å²) in [5.74, 6) is 2.52. The standard InChI is InChI=1S/C25H27ClN4O2/c26-19-3-1-4-20-22(19)18(14-30(20)24-27-5-2-6-28-24)23(32)29-13-21(31)25-10-15-7-16(11-25)9-17(8-15)12-25/h1-6,14-17,21,31H,7-13H2,(H,29,32). The van der Waals surface area contributed by atoms with Crippen molar-refractivity contribution in [1.82, 2.24) is 19.9 Å². The molecule has 6 nitrogen and oxygen atoms in total. The van der Waals surface area contributed by atoms with Gasteiger partial charge in [0.05, 0.1) is 22.2 Å². The van der Waals surface area contributed by atoms with Crippen LogP contribution in [0.4, 0.5) is 0 Å². The van der Waals surface area contributed by atoms with E-state index in [0.717, 1.165) is 42.5 Å². The molecule has 4 saturated carbocycles. The third-order valence-corrected chi connectivity index (χ3v) is 8.35. The maximum Gasteiger partial charge on any atom is 0.253 e. The zero-order chi connectivity index (χ0) is 21.9. The van der Waals surface area contributed by atoms with E-state index in [1.165, 1.54) is 19.3 Å². The molecule has 1 atom stereocenters. The molecule has 4 aliphatic rings. The van der Waals surface area contributed by atoms with Crippen molar-refractivity contribution in [1.29, 1.82) is 0 Å². The molecule has 1 unspecified atom stereocenters.